The monoisotopic (exact) mass is 249 g/mol. The third-order valence-corrected chi connectivity index (χ3v) is 2.72. The van der Waals surface area contributed by atoms with Gasteiger partial charge in [0.15, 0.2) is 0 Å². The van der Waals surface area contributed by atoms with Gasteiger partial charge in [-0.05, 0) is 25.6 Å². The van der Waals surface area contributed by atoms with Crippen LogP contribution in [-0.2, 0) is 11.3 Å². The molecule has 0 spiro atoms. The zero-order valence-electron chi connectivity index (χ0n) is 11.1. The van der Waals surface area contributed by atoms with Crippen molar-refractivity contribution in [2.45, 2.75) is 19.4 Å². The lowest BCUT2D eigenvalue weighted by molar-refractivity contribution is -0.121. The number of carbonyl (C=O) groups is 1. The summed E-state index contributed by atoms with van der Waals surface area (Å²) in [6.45, 7) is 3.01. The topological polar surface area (TPSA) is 58.4 Å². The number of hydrogen-bond acceptors (Lipinski definition) is 3. The van der Waals surface area contributed by atoms with E-state index in [4.69, 9.17) is 5.73 Å². The van der Waals surface area contributed by atoms with Gasteiger partial charge in [0.2, 0.25) is 5.91 Å². The fourth-order valence-electron chi connectivity index (χ4n) is 1.71. The minimum Gasteiger partial charge on any atom is -0.355 e. The number of likely N-dealkylation sites (N-methyl/N-ethyl adjacent to an activating group) is 1. The van der Waals surface area contributed by atoms with Gasteiger partial charge in [0.1, 0.15) is 0 Å². The molecule has 0 aliphatic carbocycles. The molecule has 4 nitrogen and oxygen atoms in total. The van der Waals surface area contributed by atoms with Gasteiger partial charge in [0, 0.05) is 26.1 Å². The molecule has 0 aliphatic rings. The number of benzene rings is 1. The highest BCUT2D eigenvalue weighted by Gasteiger charge is 2.02. The van der Waals surface area contributed by atoms with Crippen molar-refractivity contribution < 1.29 is 4.79 Å². The summed E-state index contributed by atoms with van der Waals surface area (Å²) in [7, 11) is 2.05. The van der Waals surface area contributed by atoms with Crippen LogP contribution < -0.4 is 11.1 Å². The first-order chi connectivity index (χ1) is 8.72. The maximum Gasteiger partial charge on any atom is 0.220 e. The van der Waals surface area contributed by atoms with E-state index in [0.717, 1.165) is 19.5 Å². The molecule has 4 heteroatoms. The van der Waals surface area contributed by atoms with Crippen molar-refractivity contribution in [2.75, 3.05) is 26.7 Å². The second-order valence-electron chi connectivity index (χ2n) is 4.47. The predicted octanol–water partition coefficient (Wildman–Crippen LogP) is 0.973. The van der Waals surface area contributed by atoms with Crippen molar-refractivity contribution in [3.05, 3.63) is 35.9 Å². The molecule has 1 rings (SSSR count). The lowest BCUT2D eigenvalue weighted by Gasteiger charge is -2.16. The molecule has 0 saturated carbocycles. The number of carbonyl (C=O) groups excluding carboxylic acids is 1. The molecule has 0 heterocycles. The number of amides is 1. The van der Waals surface area contributed by atoms with Gasteiger partial charge >= 0.3 is 0 Å². The molecule has 0 radical (unpaired) electrons. The Bertz CT molecular complexity index is 340. The van der Waals surface area contributed by atoms with Crippen LogP contribution in [0.5, 0.6) is 0 Å². The highest BCUT2D eigenvalue weighted by atomic mass is 16.1. The highest BCUT2D eigenvalue weighted by Crippen LogP contribution is 2.01. The second kappa shape index (κ2) is 8.66. The molecule has 0 bridgehead atoms. The molecule has 100 valence electrons. The van der Waals surface area contributed by atoms with Gasteiger partial charge in [0.05, 0.1) is 0 Å². The summed E-state index contributed by atoms with van der Waals surface area (Å²) in [6.07, 6.45) is 1.28. The van der Waals surface area contributed by atoms with Gasteiger partial charge in [-0.15, -0.1) is 0 Å². The van der Waals surface area contributed by atoms with Crippen molar-refractivity contribution in [1.29, 1.82) is 0 Å². The zero-order chi connectivity index (χ0) is 13.2. The molecule has 0 unspecified atom stereocenters. The van der Waals surface area contributed by atoms with Crippen LogP contribution >= 0.6 is 0 Å². The third kappa shape index (κ3) is 6.37. The average Bonchev–Trinajstić information content (AvgIpc) is 2.37. The van der Waals surface area contributed by atoms with E-state index in [1.54, 1.807) is 0 Å². The third-order valence-electron chi connectivity index (χ3n) is 2.72. The fraction of sp³-hybridized carbons (Fsp3) is 0.500. The lowest BCUT2D eigenvalue weighted by atomic mass is 10.2. The van der Waals surface area contributed by atoms with Gasteiger partial charge in [-0.3, -0.25) is 4.79 Å². The number of rotatable bonds is 8. The summed E-state index contributed by atoms with van der Waals surface area (Å²) in [6, 6.07) is 10.3. The first-order valence-corrected chi connectivity index (χ1v) is 6.41. The molecular formula is C14H23N3O. The summed E-state index contributed by atoms with van der Waals surface area (Å²) in [5.74, 6) is 0.0913. The molecule has 0 atom stereocenters. The smallest absolute Gasteiger partial charge is 0.220 e. The normalized spacial score (nSPS) is 10.6. The SMILES string of the molecule is CN(CCNC(=O)CCCN)Cc1ccccc1. The number of nitrogens with two attached hydrogens (primary N) is 1. The molecular weight excluding hydrogens is 226 g/mol. The van der Waals surface area contributed by atoms with Crippen LogP contribution in [0.2, 0.25) is 0 Å². The van der Waals surface area contributed by atoms with Crippen LogP contribution in [0.25, 0.3) is 0 Å². The van der Waals surface area contributed by atoms with E-state index >= 15 is 0 Å². The molecule has 0 aromatic heterocycles. The molecule has 0 aliphatic heterocycles. The molecule has 1 amide bonds. The zero-order valence-corrected chi connectivity index (χ0v) is 11.1. The number of hydrogen-bond donors (Lipinski definition) is 2. The Morgan fingerprint density at radius 2 is 2.06 bits per heavy atom. The van der Waals surface area contributed by atoms with Gasteiger partial charge in [0.25, 0.3) is 0 Å². The van der Waals surface area contributed by atoms with E-state index in [2.05, 4.69) is 29.4 Å². The van der Waals surface area contributed by atoms with E-state index in [9.17, 15) is 4.79 Å². The van der Waals surface area contributed by atoms with Crippen molar-refractivity contribution in [3.63, 3.8) is 0 Å². The summed E-state index contributed by atoms with van der Waals surface area (Å²) in [5.41, 5.74) is 6.64. The van der Waals surface area contributed by atoms with E-state index in [0.29, 0.717) is 19.5 Å². The minimum atomic E-state index is 0.0913. The first kappa shape index (κ1) is 14.7. The fourth-order valence-corrected chi connectivity index (χ4v) is 1.71. The van der Waals surface area contributed by atoms with Gasteiger partial charge in [-0.25, -0.2) is 0 Å². The molecule has 0 fully saturated rings. The van der Waals surface area contributed by atoms with Gasteiger partial charge in [-0.2, -0.15) is 0 Å². The predicted molar refractivity (Wildman–Crippen MR) is 74.1 cm³/mol. The minimum absolute atomic E-state index is 0.0913. The maximum atomic E-state index is 11.4. The van der Waals surface area contributed by atoms with Gasteiger partial charge in [-0.1, -0.05) is 30.3 Å². The average molecular weight is 249 g/mol. The molecule has 1 aromatic carbocycles. The Hall–Kier alpha value is -1.39. The Morgan fingerprint density at radius 1 is 1.33 bits per heavy atom. The van der Waals surface area contributed by atoms with Crippen molar-refractivity contribution in [3.8, 4) is 0 Å². The van der Waals surface area contributed by atoms with E-state index in [1.165, 1.54) is 5.56 Å². The van der Waals surface area contributed by atoms with E-state index in [1.807, 2.05) is 18.2 Å². The number of nitrogens with zero attached hydrogens (tertiary/aromatic N) is 1. The van der Waals surface area contributed by atoms with Crippen LogP contribution in [0.3, 0.4) is 0 Å². The highest BCUT2D eigenvalue weighted by molar-refractivity contribution is 5.75. The van der Waals surface area contributed by atoms with Crippen molar-refractivity contribution >= 4 is 5.91 Å². The van der Waals surface area contributed by atoms with Crippen LogP contribution in [0, 0.1) is 0 Å². The van der Waals surface area contributed by atoms with Crippen molar-refractivity contribution in [1.82, 2.24) is 10.2 Å². The largest absolute Gasteiger partial charge is 0.355 e. The van der Waals surface area contributed by atoms with Gasteiger partial charge < -0.3 is 16.0 Å². The van der Waals surface area contributed by atoms with E-state index in [-0.39, 0.29) is 5.91 Å². The van der Waals surface area contributed by atoms with Crippen LogP contribution in [-0.4, -0.2) is 37.5 Å². The number of nitrogens with one attached hydrogen (secondary N) is 1. The Labute approximate surface area is 109 Å². The van der Waals surface area contributed by atoms with E-state index < -0.39 is 0 Å². The van der Waals surface area contributed by atoms with Crippen molar-refractivity contribution in [2.24, 2.45) is 5.73 Å². The second-order valence-corrected chi connectivity index (χ2v) is 4.47. The Balaban J connectivity index is 2.14. The molecule has 3 N–H and O–H groups in total. The standard InChI is InChI=1S/C14H23N3O/c1-17(12-13-6-3-2-4-7-13)11-10-16-14(18)8-5-9-15/h2-4,6-7H,5,8-12,15H2,1H3,(H,16,18). The summed E-state index contributed by atoms with van der Waals surface area (Å²) in [5, 5.41) is 2.90. The molecule has 0 saturated heterocycles. The lowest BCUT2D eigenvalue weighted by Crippen LogP contribution is -2.32. The van der Waals surface area contributed by atoms with Crippen LogP contribution in [0.15, 0.2) is 30.3 Å². The van der Waals surface area contributed by atoms with Crippen LogP contribution in [0.4, 0.5) is 0 Å². The summed E-state index contributed by atoms with van der Waals surface area (Å²) >= 11 is 0. The summed E-state index contributed by atoms with van der Waals surface area (Å²) in [4.78, 5) is 13.5. The Morgan fingerprint density at radius 3 is 2.72 bits per heavy atom. The Kier molecular flexibility index (Phi) is 7.06. The quantitative estimate of drug-likeness (QED) is 0.722. The first-order valence-electron chi connectivity index (χ1n) is 6.41. The molecule has 1 aromatic rings. The van der Waals surface area contributed by atoms with Crippen LogP contribution in [0.1, 0.15) is 18.4 Å². The molecule has 18 heavy (non-hydrogen) atoms. The maximum absolute atomic E-state index is 11.4. The summed E-state index contributed by atoms with van der Waals surface area (Å²) < 4.78 is 0.